The molecule has 148 valence electrons. The van der Waals surface area contributed by atoms with Crippen LogP contribution in [-0.2, 0) is 9.59 Å². The van der Waals surface area contributed by atoms with Crippen LogP contribution in [0.4, 0.5) is 0 Å². The molecule has 0 spiro atoms. The number of piperazine rings is 1. The molecule has 0 atom stereocenters. The largest absolute Gasteiger partial charge is 0.483 e. The number of carbonyl (C=O) groups is 2. The second-order valence-corrected chi connectivity index (χ2v) is 8.17. The van der Waals surface area contributed by atoms with Crippen LogP contribution in [0.2, 0.25) is 0 Å². The fraction of sp³-hybridized carbons (Fsp3) is 0.636. The summed E-state index contributed by atoms with van der Waals surface area (Å²) < 4.78 is 5.88. The van der Waals surface area contributed by atoms with Crippen molar-refractivity contribution in [1.82, 2.24) is 9.80 Å². The van der Waals surface area contributed by atoms with Crippen LogP contribution in [0.5, 0.6) is 5.75 Å². The Labute approximate surface area is 162 Å². The van der Waals surface area contributed by atoms with Gasteiger partial charge in [-0.1, -0.05) is 38.8 Å². The molecule has 3 rings (SSSR count). The van der Waals surface area contributed by atoms with Gasteiger partial charge in [0.2, 0.25) is 5.91 Å². The van der Waals surface area contributed by atoms with Gasteiger partial charge >= 0.3 is 0 Å². The zero-order chi connectivity index (χ0) is 19.4. The van der Waals surface area contributed by atoms with Crippen LogP contribution in [0.15, 0.2) is 18.2 Å². The Morgan fingerprint density at radius 1 is 1.07 bits per heavy atom. The van der Waals surface area contributed by atoms with Crippen molar-refractivity contribution in [1.29, 1.82) is 0 Å². The fourth-order valence-electron chi connectivity index (χ4n) is 4.08. The predicted octanol–water partition coefficient (Wildman–Crippen LogP) is 3.36. The summed E-state index contributed by atoms with van der Waals surface area (Å²) in [5.41, 5.74) is 2.25. The van der Waals surface area contributed by atoms with Crippen LogP contribution in [0.25, 0.3) is 0 Å². The van der Waals surface area contributed by atoms with Crippen molar-refractivity contribution in [2.75, 3.05) is 32.8 Å². The number of rotatable bonds is 5. The minimum absolute atomic E-state index is 0.000761. The minimum atomic E-state index is -0.000761. The first-order valence-corrected chi connectivity index (χ1v) is 10.3. The highest BCUT2D eigenvalue weighted by Gasteiger charge is 2.30. The maximum Gasteiger partial charge on any atom is 0.260 e. The third kappa shape index (κ3) is 4.82. The molecule has 5 nitrogen and oxygen atoms in total. The van der Waals surface area contributed by atoms with Crippen LogP contribution in [0.3, 0.4) is 0 Å². The van der Waals surface area contributed by atoms with E-state index in [-0.39, 0.29) is 24.3 Å². The third-order valence-corrected chi connectivity index (χ3v) is 5.79. The topological polar surface area (TPSA) is 49.9 Å². The number of hydrogen-bond donors (Lipinski definition) is 0. The van der Waals surface area contributed by atoms with E-state index < -0.39 is 0 Å². The summed E-state index contributed by atoms with van der Waals surface area (Å²) in [7, 11) is 0. The first-order chi connectivity index (χ1) is 13.0. The molecule has 1 saturated carbocycles. The molecule has 1 aromatic rings. The summed E-state index contributed by atoms with van der Waals surface area (Å²) >= 11 is 0. The number of aryl methyl sites for hydroxylation is 1. The van der Waals surface area contributed by atoms with Crippen molar-refractivity contribution in [2.45, 2.75) is 52.4 Å². The molecule has 1 aliphatic carbocycles. The van der Waals surface area contributed by atoms with E-state index in [4.69, 9.17) is 4.74 Å². The van der Waals surface area contributed by atoms with Gasteiger partial charge in [-0.3, -0.25) is 9.59 Å². The lowest BCUT2D eigenvalue weighted by atomic mass is 10.0. The Balaban J connectivity index is 1.50. The lowest BCUT2D eigenvalue weighted by Gasteiger charge is -2.36. The minimum Gasteiger partial charge on any atom is -0.483 e. The molecule has 0 unspecified atom stereocenters. The maximum atomic E-state index is 12.6. The van der Waals surface area contributed by atoms with Crippen molar-refractivity contribution in [3.63, 3.8) is 0 Å². The SMILES string of the molecule is Cc1ccc(C(C)C)c(OCC(=O)N2CCN(C(=O)C3CCCC3)CC2)c1. The van der Waals surface area contributed by atoms with E-state index in [1.165, 1.54) is 12.8 Å². The number of nitrogens with zero attached hydrogens (tertiary/aromatic N) is 2. The van der Waals surface area contributed by atoms with Crippen LogP contribution < -0.4 is 4.74 Å². The molecule has 1 aliphatic heterocycles. The monoisotopic (exact) mass is 372 g/mol. The highest BCUT2D eigenvalue weighted by molar-refractivity contribution is 5.80. The van der Waals surface area contributed by atoms with E-state index in [9.17, 15) is 9.59 Å². The molecule has 0 radical (unpaired) electrons. The predicted molar refractivity (Wildman–Crippen MR) is 106 cm³/mol. The molecule has 1 heterocycles. The van der Waals surface area contributed by atoms with Crippen molar-refractivity contribution in [3.8, 4) is 5.75 Å². The van der Waals surface area contributed by atoms with E-state index in [2.05, 4.69) is 26.0 Å². The van der Waals surface area contributed by atoms with Gasteiger partial charge in [-0.25, -0.2) is 0 Å². The van der Waals surface area contributed by atoms with E-state index in [1.807, 2.05) is 22.8 Å². The van der Waals surface area contributed by atoms with Gasteiger partial charge in [0.1, 0.15) is 5.75 Å². The average Bonchev–Trinajstić information content (AvgIpc) is 3.20. The van der Waals surface area contributed by atoms with E-state index in [0.717, 1.165) is 29.7 Å². The highest BCUT2D eigenvalue weighted by Crippen LogP contribution is 2.28. The summed E-state index contributed by atoms with van der Waals surface area (Å²) in [5, 5.41) is 0. The second-order valence-electron chi connectivity index (χ2n) is 8.17. The smallest absolute Gasteiger partial charge is 0.260 e. The molecule has 2 fully saturated rings. The summed E-state index contributed by atoms with van der Waals surface area (Å²) in [5.74, 6) is 1.65. The summed E-state index contributed by atoms with van der Waals surface area (Å²) in [4.78, 5) is 28.9. The van der Waals surface area contributed by atoms with Gasteiger partial charge in [0.25, 0.3) is 5.91 Å². The molecule has 27 heavy (non-hydrogen) atoms. The van der Waals surface area contributed by atoms with Gasteiger partial charge in [0, 0.05) is 32.1 Å². The molecular formula is C22H32N2O3. The standard InChI is InChI=1S/C22H32N2O3/c1-16(2)19-9-8-17(3)14-20(19)27-15-21(25)23-10-12-24(13-11-23)22(26)18-6-4-5-7-18/h8-9,14,16,18H,4-7,10-13,15H2,1-3H3. The quantitative estimate of drug-likeness (QED) is 0.796. The Morgan fingerprint density at radius 2 is 1.70 bits per heavy atom. The lowest BCUT2D eigenvalue weighted by Crippen LogP contribution is -2.52. The van der Waals surface area contributed by atoms with Crippen LogP contribution in [0.1, 0.15) is 56.6 Å². The van der Waals surface area contributed by atoms with Crippen molar-refractivity contribution < 1.29 is 14.3 Å². The van der Waals surface area contributed by atoms with Gasteiger partial charge in [0.05, 0.1) is 0 Å². The lowest BCUT2D eigenvalue weighted by molar-refractivity contribution is -0.142. The molecule has 2 aliphatic rings. The van der Waals surface area contributed by atoms with Crippen LogP contribution in [-0.4, -0.2) is 54.4 Å². The number of ether oxygens (including phenoxy) is 1. The molecule has 1 aromatic carbocycles. The first kappa shape index (κ1) is 19.7. The molecule has 2 amide bonds. The Hall–Kier alpha value is -2.04. The Kier molecular flexibility index (Phi) is 6.40. The average molecular weight is 373 g/mol. The van der Waals surface area contributed by atoms with E-state index >= 15 is 0 Å². The molecular weight excluding hydrogens is 340 g/mol. The zero-order valence-electron chi connectivity index (χ0n) is 16.9. The van der Waals surface area contributed by atoms with Crippen molar-refractivity contribution in [3.05, 3.63) is 29.3 Å². The van der Waals surface area contributed by atoms with Crippen LogP contribution >= 0.6 is 0 Å². The molecule has 0 N–H and O–H groups in total. The van der Waals surface area contributed by atoms with Crippen molar-refractivity contribution in [2.24, 2.45) is 5.92 Å². The van der Waals surface area contributed by atoms with Gasteiger partial charge in [-0.15, -0.1) is 0 Å². The number of amides is 2. The maximum absolute atomic E-state index is 12.6. The summed E-state index contributed by atoms with van der Waals surface area (Å²) in [6.07, 6.45) is 4.40. The third-order valence-electron chi connectivity index (χ3n) is 5.79. The highest BCUT2D eigenvalue weighted by atomic mass is 16.5. The summed E-state index contributed by atoms with van der Waals surface area (Å²) in [6, 6.07) is 6.15. The first-order valence-electron chi connectivity index (χ1n) is 10.3. The Bertz CT molecular complexity index is 672. The number of carbonyl (C=O) groups excluding carboxylic acids is 2. The molecule has 0 aromatic heterocycles. The van der Waals surface area contributed by atoms with Gasteiger partial charge in [-0.05, 0) is 42.9 Å². The number of benzene rings is 1. The fourth-order valence-corrected chi connectivity index (χ4v) is 4.08. The van der Waals surface area contributed by atoms with Crippen LogP contribution in [0, 0.1) is 12.8 Å². The molecule has 5 heteroatoms. The van der Waals surface area contributed by atoms with Gasteiger partial charge < -0.3 is 14.5 Å². The van der Waals surface area contributed by atoms with E-state index in [1.54, 1.807) is 0 Å². The number of hydrogen-bond acceptors (Lipinski definition) is 3. The summed E-state index contributed by atoms with van der Waals surface area (Å²) in [6.45, 7) is 8.82. The normalized spacial score (nSPS) is 18.2. The molecule has 0 bridgehead atoms. The van der Waals surface area contributed by atoms with Gasteiger partial charge in [-0.2, -0.15) is 0 Å². The van der Waals surface area contributed by atoms with Crippen molar-refractivity contribution >= 4 is 11.8 Å². The molecule has 1 saturated heterocycles. The van der Waals surface area contributed by atoms with Gasteiger partial charge in [0.15, 0.2) is 6.61 Å². The van der Waals surface area contributed by atoms with E-state index in [0.29, 0.717) is 32.1 Å². The Morgan fingerprint density at radius 3 is 2.33 bits per heavy atom. The zero-order valence-corrected chi connectivity index (χ0v) is 16.9. The second kappa shape index (κ2) is 8.77.